The van der Waals surface area contributed by atoms with Crippen molar-refractivity contribution in [1.82, 2.24) is 29.8 Å². The van der Waals surface area contributed by atoms with Crippen molar-refractivity contribution >= 4 is 17.3 Å². The van der Waals surface area contributed by atoms with Crippen LogP contribution in [0.4, 0.5) is 11.6 Å². The van der Waals surface area contributed by atoms with Crippen molar-refractivity contribution < 1.29 is 0 Å². The second-order valence-electron chi connectivity index (χ2n) is 7.87. The Bertz CT molecular complexity index is 936. The van der Waals surface area contributed by atoms with Gasteiger partial charge in [-0.15, -0.1) is 15.3 Å². The first-order valence-electron chi connectivity index (χ1n) is 8.83. The van der Waals surface area contributed by atoms with E-state index in [-0.39, 0.29) is 5.41 Å². The zero-order valence-corrected chi connectivity index (χ0v) is 15.9. The van der Waals surface area contributed by atoms with Gasteiger partial charge in [0.25, 0.3) is 0 Å². The predicted molar refractivity (Wildman–Crippen MR) is 101 cm³/mol. The van der Waals surface area contributed by atoms with Crippen LogP contribution in [0.25, 0.3) is 5.65 Å². The Morgan fingerprint density at radius 3 is 2.50 bits per heavy atom. The zero-order chi connectivity index (χ0) is 18.5. The van der Waals surface area contributed by atoms with Crippen molar-refractivity contribution in [3.63, 3.8) is 0 Å². The van der Waals surface area contributed by atoms with Crippen LogP contribution in [0.3, 0.4) is 0 Å². The van der Waals surface area contributed by atoms with Gasteiger partial charge in [0.2, 0.25) is 0 Å². The first kappa shape index (κ1) is 16.7. The highest BCUT2D eigenvalue weighted by molar-refractivity contribution is 5.51. The van der Waals surface area contributed by atoms with Crippen LogP contribution >= 0.6 is 0 Å². The van der Waals surface area contributed by atoms with E-state index in [2.05, 4.69) is 57.8 Å². The molecule has 0 saturated carbocycles. The van der Waals surface area contributed by atoms with Crippen molar-refractivity contribution in [3.8, 4) is 0 Å². The fourth-order valence-electron chi connectivity index (χ4n) is 3.22. The molecule has 0 radical (unpaired) electrons. The van der Waals surface area contributed by atoms with Crippen molar-refractivity contribution in [2.45, 2.75) is 39.2 Å². The van der Waals surface area contributed by atoms with E-state index in [4.69, 9.17) is 5.10 Å². The third-order valence-electron chi connectivity index (χ3n) is 4.84. The van der Waals surface area contributed by atoms with Crippen molar-refractivity contribution in [2.24, 2.45) is 0 Å². The standard InChI is InChI=1S/C18H24N8/c1-12-16(20-9-8-19-12)24(5)13-10-25(11-13)15-7-6-14-21-22-17(18(2,3)4)26(14)23-15/h6-9,13H,10-11H2,1-5H3. The highest BCUT2D eigenvalue weighted by atomic mass is 15.4. The monoisotopic (exact) mass is 352 g/mol. The summed E-state index contributed by atoms with van der Waals surface area (Å²) in [5, 5.41) is 13.3. The van der Waals surface area contributed by atoms with E-state index in [0.717, 1.165) is 41.9 Å². The number of anilines is 2. The lowest BCUT2D eigenvalue weighted by molar-refractivity contribution is 0.482. The fraction of sp³-hybridized carbons (Fsp3) is 0.500. The lowest BCUT2D eigenvalue weighted by atomic mass is 9.96. The maximum atomic E-state index is 4.78. The molecule has 8 nitrogen and oxygen atoms in total. The molecule has 1 aliphatic heterocycles. The molecule has 0 spiro atoms. The Morgan fingerprint density at radius 2 is 1.81 bits per heavy atom. The molecular formula is C18H24N8. The van der Waals surface area contributed by atoms with Gasteiger partial charge in [-0.05, 0) is 19.1 Å². The highest BCUT2D eigenvalue weighted by Gasteiger charge is 2.33. The predicted octanol–water partition coefficient (Wildman–Crippen LogP) is 1.85. The van der Waals surface area contributed by atoms with E-state index < -0.39 is 0 Å². The van der Waals surface area contributed by atoms with Crippen molar-refractivity contribution in [3.05, 3.63) is 36.0 Å². The summed E-state index contributed by atoms with van der Waals surface area (Å²) in [5.41, 5.74) is 1.63. The van der Waals surface area contributed by atoms with Gasteiger partial charge in [0, 0.05) is 37.9 Å². The lowest BCUT2D eigenvalue weighted by Gasteiger charge is -2.45. The van der Waals surface area contributed by atoms with Gasteiger partial charge < -0.3 is 9.80 Å². The van der Waals surface area contributed by atoms with E-state index in [1.165, 1.54) is 0 Å². The Kier molecular flexibility index (Phi) is 3.78. The second kappa shape index (κ2) is 5.89. The number of fused-ring (bicyclic) bond motifs is 1. The highest BCUT2D eigenvalue weighted by Crippen LogP contribution is 2.26. The first-order chi connectivity index (χ1) is 12.3. The molecule has 0 atom stereocenters. The topological polar surface area (TPSA) is 75.3 Å². The van der Waals surface area contributed by atoms with Crippen LogP contribution in [0.5, 0.6) is 0 Å². The molecule has 0 aromatic carbocycles. The maximum absolute atomic E-state index is 4.78. The average Bonchev–Trinajstić information content (AvgIpc) is 2.97. The molecule has 3 aromatic rings. The van der Waals surface area contributed by atoms with E-state index in [1.54, 1.807) is 12.4 Å². The maximum Gasteiger partial charge on any atom is 0.178 e. The zero-order valence-electron chi connectivity index (χ0n) is 15.9. The van der Waals surface area contributed by atoms with Gasteiger partial charge in [-0.25, -0.2) is 4.98 Å². The Morgan fingerprint density at radius 1 is 1.08 bits per heavy atom. The molecule has 0 aliphatic carbocycles. The minimum atomic E-state index is -0.105. The van der Waals surface area contributed by atoms with Gasteiger partial charge in [-0.1, -0.05) is 20.8 Å². The summed E-state index contributed by atoms with van der Waals surface area (Å²) in [6, 6.07) is 4.39. The molecule has 1 fully saturated rings. The van der Waals surface area contributed by atoms with E-state index in [0.29, 0.717) is 6.04 Å². The summed E-state index contributed by atoms with van der Waals surface area (Å²) in [6.07, 6.45) is 3.47. The SMILES string of the molecule is Cc1nccnc1N(C)C1CN(c2ccc3nnc(C(C)(C)C)n3n2)C1. The normalized spacial score (nSPS) is 15.3. The molecule has 26 heavy (non-hydrogen) atoms. The molecule has 8 heteroatoms. The van der Waals surface area contributed by atoms with Crippen LogP contribution in [-0.2, 0) is 5.41 Å². The van der Waals surface area contributed by atoms with Crippen LogP contribution in [0.2, 0.25) is 0 Å². The van der Waals surface area contributed by atoms with Gasteiger partial charge in [-0.3, -0.25) is 4.98 Å². The van der Waals surface area contributed by atoms with Crippen LogP contribution in [0.1, 0.15) is 32.3 Å². The molecule has 0 bridgehead atoms. The van der Waals surface area contributed by atoms with E-state index >= 15 is 0 Å². The molecule has 0 unspecified atom stereocenters. The Labute approximate surface area is 152 Å². The number of nitrogens with zero attached hydrogens (tertiary/aromatic N) is 8. The largest absolute Gasteiger partial charge is 0.352 e. The number of hydrogen-bond donors (Lipinski definition) is 0. The number of likely N-dealkylation sites (N-methyl/N-ethyl adjacent to an activating group) is 1. The average molecular weight is 352 g/mol. The molecule has 3 aromatic heterocycles. The lowest BCUT2D eigenvalue weighted by Crippen LogP contribution is -2.59. The van der Waals surface area contributed by atoms with Gasteiger partial charge in [-0.2, -0.15) is 4.52 Å². The van der Waals surface area contributed by atoms with Gasteiger partial charge in [0.1, 0.15) is 11.6 Å². The third-order valence-corrected chi connectivity index (χ3v) is 4.84. The van der Waals surface area contributed by atoms with Crippen molar-refractivity contribution in [2.75, 3.05) is 29.9 Å². The number of hydrogen-bond acceptors (Lipinski definition) is 7. The molecule has 1 aliphatic rings. The molecular weight excluding hydrogens is 328 g/mol. The van der Waals surface area contributed by atoms with Crippen LogP contribution < -0.4 is 9.80 Å². The second-order valence-corrected chi connectivity index (χ2v) is 7.87. The summed E-state index contributed by atoms with van der Waals surface area (Å²) in [5.74, 6) is 2.76. The first-order valence-corrected chi connectivity index (χ1v) is 8.83. The number of aryl methyl sites for hydroxylation is 1. The van der Waals surface area contributed by atoms with Crippen LogP contribution in [-0.4, -0.2) is 56.0 Å². The van der Waals surface area contributed by atoms with Crippen LogP contribution in [0.15, 0.2) is 24.5 Å². The Balaban J connectivity index is 1.53. The molecule has 0 amide bonds. The summed E-state index contributed by atoms with van der Waals surface area (Å²) in [7, 11) is 2.08. The number of aromatic nitrogens is 6. The molecule has 136 valence electrons. The molecule has 4 rings (SSSR count). The Hall–Kier alpha value is -2.77. The smallest absolute Gasteiger partial charge is 0.178 e. The van der Waals surface area contributed by atoms with Gasteiger partial charge in [0.15, 0.2) is 11.5 Å². The van der Waals surface area contributed by atoms with E-state index in [1.807, 2.05) is 23.6 Å². The fourth-order valence-corrected chi connectivity index (χ4v) is 3.22. The molecule has 4 heterocycles. The molecule has 0 N–H and O–H groups in total. The summed E-state index contributed by atoms with van der Waals surface area (Å²) < 4.78 is 1.86. The third kappa shape index (κ3) is 2.75. The quantitative estimate of drug-likeness (QED) is 0.712. The van der Waals surface area contributed by atoms with Gasteiger partial charge >= 0.3 is 0 Å². The summed E-state index contributed by atoms with van der Waals surface area (Å²) in [4.78, 5) is 13.3. The minimum Gasteiger partial charge on any atom is -0.352 e. The molecule has 1 saturated heterocycles. The number of rotatable bonds is 3. The summed E-state index contributed by atoms with van der Waals surface area (Å²) in [6.45, 7) is 10.2. The van der Waals surface area contributed by atoms with Crippen LogP contribution in [0, 0.1) is 6.92 Å². The van der Waals surface area contributed by atoms with E-state index in [9.17, 15) is 0 Å². The van der Waals surface area contributed by atoms with Crippen molar-refractivity contribution in [1.29, 1.82) is 0 Å². The summed E-state index contributed by atoms with van der Waals surface area (Å²) >= 11 is 0. The minimum absolute atomic E-state index is 0.105. The van der Waals surface area contributed by atoms with Gasteiger partial charge in [0.05, 0.1) is 11.7 Å².